The second kappa shape index (κ2) is 8.98. The van der Waals surface area contributed by atoms with Crippen molar-refractivity contribution in [3.63, 3.8) is 0 Å². The Hall–Kier alpha value is -1.06. The summed E-state index contributed by atoms with van der Waals surface area (Å²) in [6.45, 7) is 12.1. The maximum Gasteiger partial charge on any atom is 0.119 e. The van der Waals surface area contributed by atoms with Gasteiger partial charge in [0.15, 0.2) is 0 Å². The molecule has 1 rings (SSSR count). The number of benzene rings is 1. The lowest BCUT2D eigenvalue weighted by Gasteiger charge is -2.21. The molecule has 0 fully saturated rings. The van der Waals surface area contributed by atoms with Crippen molar-refractivity contribution in [1.82, 2.24) is 5.32 Å². The van der Waals surface area contributed by atoms with Gasteiger partial charge >= 0.3 is 0 Å². The highest BCUT2D eigenvalue weighted by Crippen LogP contribution is 2.19. The zero-order valence-electron chi connectivity index (χ0n) is 13.5. The minimum Gasteiger partial charge on any atom is -0.491 e. The lowest BCUT2D eigenvalue weighted by atomic mass is 10.1. The molecule has 0 aliphatic carbocycles. The quantitative estimate of drug-likeness (QED) is 0.742. The monoisotopic (exact) mass is 279 g/mol. The molecular formula is C17H29NO2. The summed E-state index contributed by atoms with van der Waals surface area (Å²) in [5.74, 6) is 0.919. The first-order chi connectivity index (χ1) is 9.52. The zero-order chi connectivity index (χ0) is 15.0. The number of hydrogen-bond donors (Lipinski definition) is 1. The molecule has 0 radical (unpaired) electrons. The largest absolute Gasteiger partial charge is 0.491 e. The first-order valence-electron chi connectivity index (χ1n) is 7.64. The average Bonchev–Trinajstić information content (AvgIpc) is 2.39. The van der Waals surface area contributed by atoms with E-state index in [1.54, 1.807) is 0 Å². The Kier molecular flexibility index (Phi) is 7.63. The predicted octanol–water partition coefficient (Wildman–Crippen LogP) is 3.94. The van der Waals surface area contributed by atoms with Gasteiger partial charge in [-0.15, -0.1) is 0 Å². The molecule has 1 N–H and O–H groups in total. The standard InChI is InChI=1S/C17H29NO2/c1-6-11-18-17(12-19-13(2)3)15-7-9-16(10-8-15)20-14(4)5/h7-10,13-14,17-18H,6,11-12H2,1-5H3. The normalized spacial score (nSPS) is 12.9. The Bertz CT molecular complexity index is 360. The number of hydrogen-bond acceptors (Lipinski definition) is 3. The molecule has 1 unspecified atom stereocenters. The van der Waals surface area contributed by atoms with Gasteiger partial charge in [0.25, 0.3) is 0 Å². The summed E-state index contributed by atoms with van der Waals surface area (Å²) < 4.78 is 11.4. The Morgan fingerprint density at radius 3 is 2.15 bits per heavy atom. The Balaban J connectivity index is 2.68. The molecule has 3 heteroatoms. The fourth-order valence-electron chi connectivity index (χ4n) is 1.93. The van der Waals surface area contributed by atoms with Crippen LogP contribution in [0.3, 0.4) is 0 Å². The van der Waals surface area contributed by atoms with Crippen LogP contribution in [0.25, 0.3) is 0 Å². The van der Waals surface area contributed by atoms with Crippen molar-refractivity contribution in [2.75, 3.05) is 13.2 Å². The van der Waals surface area contributed by atoms with Crippen molar-refractivity contribution >= 4 is 0 Å². The molecule has 0 spiro atoms. The highest BCUT2D eigenvalue weighted by Gasteiger charge is 2.12. The van der Waals surface area contributed by atoms with Crippen LogP contribution in [0.4, 0.5) is 0 Å². The Morgan fingerprint density at radius 2 is 1.65 bits per heavy atom. The van der Waals surface area contributed by atoms with Gasteiger partial charge in [0, 0.05) is 0 Å². The van der Waals surface area contributed by atoms with Crippen molar-refractivity contribution < 1.29 is 9.47 Å². The fraction of sp³-hybridized carbons (Fsp3) is 0.647. The molecule has 1 atom stereocenters. The van der Waals surface area contributed by atoms with Gasteiger partial charge in [-0.05, 0) is 58.4 Å². The van der Waals surface area contributed by atoms with Crippen LogP contribution in [0.5, 0.6) is 5.75 Å². The van der Waals surface area contributed by atoms with Crippen molar-refractivity contribution in [3.05, 3.63) is 29.8 Å². The van der Waals surface area contributed by atoms with E-state index >= 15 is 0 Å². The Labute approximate surface area is 123 Å². The summed E-state index contributed by atoms with van der Waals surface area (Å²) in [6.07, 6.45) is 1.58. The van der Waals surface area contributed by atoms with Crippen LogP contribution >= 0.6 is 0 Å². The molecule has 0 heterocycles. The molecule has 1 aromatic carbocycles. The highest BCUT2D eigenvalue weighted by atomic mass is 16.5. The summed E-state index contributed by atoms with van der Waals surface area (Å²) in [4.78, 5) is 0. The lowest BCUT2D eigenvalue weighted by Crippen LogP contribution is -2.27. The average molecular weight is 279 g/mol. The van der Waals surface area contributed by atoms with E-state index in [1.165, 1.54) is 5.56 Å². The molecule has 0 bridgehead atoms. The predicted molar refractivity (Wildman–Crippen MR) is 84.3 cm³/mol. The van der Waals surface area contributed by atoms with Gasteiger partial charge in [-0.1, -0.05) is 19.1 Å². The van der Waals surface area contributed by atoms with E-state index in [0.29, 0.717) is 6.61 Å². The van der Waals surface area contributed by atoms with Crippen LogP contribution in [-0.4, -0.2) is 25.4 Å². The number of ether oxygens (including phenoxy) is 2. The van der Waals surface area contributed by atoms with Crippen LogP contribution in [-0.2, 0) is 4.74 Å². The van der Waals surface area contributed by atoms with Crippen molar-refractivity contribution in [2.45, 2.75) is 59.3 Å². The first kappa shape index (κ1) is 17.0. The third-order valence-corrected chi connectivity index (χ3v) is 2.89. The smallest absolute Gasteiger partial charge is 0.119 e. The van der Waals surface area contributed by atoms with Crippen LogP contribution in [0.15, 0.2) is 24.3 Å². The molecule has 114 valence electrons. The van der Waals surface area contributed by atoms with E-state index in [1.807, 2.05) is 26.0 Å². The Morgan fingerprint density at radius 1 is 1.00 bits per heavy atom. The van der Waals surface area contributed by atoms with Crippen molar-refractivity contribution in [1.29, 1.82) is 0 Å². The molecule has 0 amide bonds. The maximum absolute atomic E-state index is 5.76. The SMILES string of the molecule is CCCNC(COC(C)C)c1ccc(OC(C)C)cc1. The lowest BCUT2D eigenvalue weighted by molar-refractivity contribution is 0.0611. The van der Waals surface area contributed by atoms with E-state index < -0.39 is 0 Å². The van der Waals surface area contributed by atoms with Crippen molar-refractivity contribution in [3.8, 4) is 5.75 Å². The minimum atomic E-state index is 0.208. The molecule has 0 aliphatic rings. The van der Waals surface area contributed by atoms with Gasteiger partial charge in [0.1, 0.15) is 5.75 Å². The van der Waals surface area contributed by atoms with Gasteiger partial charge in [-0.3, -0.25) is 0 Å². The van der Waals surface area contributed by atoms with E-state index in [-0.39, 0.29) is 18.2 Å². The van der Waals surface area contributed by atoms with Gasteiger partial charge in [-0.25, -0.2) is 0 Å². The summed E-state index contributed by atoms with van der Waals surface area (Å²) >= 11 is 0. The molecule has 0 aliphatic heterocycles. The summed E-state index contributed by atoms with van der Waals surface area (Å²) in [7, 11) is 0. The third-order valence-electron chi connectivity index (χ3n) is 2.89. The molecule has 0 aromatic heterocycles. The van der Waals surface area contributed by atoms with Crippen molar-refractivity contribution in [2.24, 2.45) is 0 Å². The summed E-state index contributed by atoms with van der Waals surface area (Å²) in [5, 5.41) is 3.54. The maximum atomic E-state index is 5.76. The molecule has 1 aromatic rings. The third kappa shape index (κ3) is 6.40. The van der Waals surface area contributed by atoms with Crippen LogP contribution < -0.4 is 10.1 Å². The molecule has 20 heavy (non-hydrogen) atoms. The first-order valence-corrected chi connectivity index (χ1v) is 7.64. The minimum absolute atomic E-state index is 0.208. The highest BCUT2D eigenvalue weighted by molar-refractivity contribution is 5.29. The summed E-state index contributed by atoms with van der Waals surface area (Å²) in [6, 6.07) is 8.55. The van der Waals surface area contributed by atoms with E-state index in [4.69, 9.17) is 9.47 Å². The number of rotatable bonds is 9. The zero-order valence-corrected chi connectivity index (χ0v) is 13.5. The molecule has 0 saturated carbocycles. The van der Waals surface area contributed by atoms with E-state index in [9.17, 15) is 0 Å². The van der Waals surface area contributed by atoms with Gasteiger partial charge in [-0.2, -0.15) is 0 Å². The second-order valence-electron chi connectivity index (χ2n) is 5.62. The van der Waals surface area contributed by atoms with Crippen LogP contribution in [0, 0.1) is 0 Å². The van der Waals surface area contributed by atoms with Crippen LogP contribution in [0.2, 0.25) is 0 Å². The second-order valence-corrected chi connectivity index (χ2v) is 5.62. The fourth-order valence-corrected chi connectivity index (χ4v) is 1.93. The van der Waals surface area contributed by atoms with Gasteiger partial charge in [0.05, 0.1) is 24.9 Å². The molecular weight excluding hydrogens is 250 g/mol. The van der Waals surface area contributed by atoms with Gasteiger partial charge in [0.2, 0.25) is 0 Å². The topological polar surface area (TPSA) is 30.5 Å². The van der Waals surface area contributed by atoms with E-state index in [0.717, 1.165) is 18.7 Å². The summed E-state index contributed by atoms with van der Waals surface area (Å²) in [5.41, 5.74) is 1.25. The molecule has 3 nitrogen and oxygen atoms in total. The van der Waals surface area contributed by atoms with Gasteiger partial charge < -0.3 is 14.8 Å². The molecule has 0 saturated heterocycles. The van der Waals surface area contributed by atoms with Crippen LogP contribution in [0.1, 0.15) is 52.6 Å². The number of nitrogens with one attached hydrogen (secondary N) is 1. The van der Waals surface area contributed by atoms with E-state index in [2.05, 4.69) is 38.2 Å².